The van der Waals surface area contributed by atoms with Crippen molar-refractivity contribution in [3.05, 3.63) is 88.5 Å². The molecule has 7 nitrogen and oxygen atoms in total. The van der Waals surface area contributed by atoms with Crippen LogP contribution >= 0.6 is 0 Å². The molecule has 0 radical (unpaired) electrons. The Labute approximate surface area is 161 Å². The Kier molecular flexibility index (Phi) is 6.10. The average molecular weight is 374 g/mol. The number of hydrogen-bond donors (Lipinski definition) is 2. The number of nitrogens with zero attached hydrogens (tertiary/aromatic N) is 2. The van der Waals surface area contributed by atoms with Gasteiger partial charge in [-0.1, -0.05) is 48.5 Å². The van der Waals surface area contributed by atoms with E-state index in [0.29, 0.717) is 5.56 Å². The summed E-state index contributed by atoms with van der Waals surface area (Å²) in [6.07, 6.45) is 4.45. The molecule has 28 heavy (non-hydrogen) atoms. The second-order valence-electron chi connectivity index (χ2n) is 5.87. The van der Waals surface area contributed by atoms with Gasteiger partial charge < -0.3 is 5.32 Å². The predicted octanol–water partition coefficient (Wildman–Crippen LogP) is 3.98. The fourth-order valence-corrected chi connectivity index (χ4v) is 2.69. The lowest BCUT2D eigenvalue weighted by Gasteiger charge is -2.08. The lowest BCUT2D eigenvalue weighted by atomic mass is 10.1. The van der Waals surface area contributed by atoms with E-state index < -0.39 is 4.92 Å². The highest BCUT2D eigenvalue weighted by Gasteiger charge is 2.08. The first kappa shape index (κ1) is 18.8. The maximum Gasteiger partial charge on any atom is 0.276 e. The molecule has 140 valence electrons. The number of benzene rings is 3. The minimum atomic E-state index is -0.447. The quantitative estimate of drug-likeness (QED) is 0.371. The molecule has 0 saturated heterocycles. The van der Waals surface area contributed by atoms with Crippen LogP contribution in [0.3, 0.4) is 0 Å². The van der Waals surface area contributed by atoms with Gasteiger partial charge in [-0.25, -0.2) is 5.43 Å². The standard InChI is InChI=1S/C21H18N4O3/c26-21(15-22-19-12-5-9-16-7-1-3-11-18(16)19)24-23-14-6-10-17-8-2-4-13-20(17)25(27)28/h1-14,22H,15H2,(H,24,26)/b10-6+,23-14+. The molecule has 0 unspecified atom stereocenters. The van der Waals surface area contributed by atoms with Crippen LogP contribution in [-0.4, -0.2) is 23.6 Å². The third kappa shape index (κ3) is 4.79. The normalized spacial score (nSPS) is 11.1. The number of para-hydroxylation sites is 1. The molecule has 0 spiro atoms. The summed E-state index contributed by atoms with van der Waals surface area (Å²) in [4.78, 5) is 22.4. The van der Waals surface area contributed by atoms with E-state index in [2.05, 4.69) is 15.8 Å². The van der Waals surface area contributed by atoms with Crippen molar-refractivity contribution in [2.45, 2.75) is 0 Å². The molecule has 0 saturated carbocycles. The Morgan fingerprint density at radius 1 is 1.04 bits per heavy atom. The molecule has 0 aliphatic rings. The Hall–Kier alpha value is -4.00. The molecule has 0 aromatic heterocycles. The van der Waals surface area contributed by atoms with E-state index in [9.17, 15) is 14.9 Å². The molecule has 0 fully saturated rings. The van der Waals surface area contributed by atoms with E-state index >= 15 is 0 Å². The Morgan fingerprint density at radius 2 is 1.79 bits per heavy atom. The van der Waals surface area contributed by atoms with Gasteiger partial charge in [-0.15, -0.1) is 0 Å². The summed E-state index contributed by atoms with van der Waals surface area (Å²) < 4.78 is 0. The van der Waals surface area contributed by atoms with Crippen molar-refractivity contribution in [2.75, 3.05) is 11.9 Å². The molecule has 0 heterocycles. The van der Waals surface area contributed by atoms with Crippen molar-refractivity contribution in [1.82, 2.24) is 5.43 Å². The average Bonchev–Trinajstić information content (AvgIpc) is 2.72. The summed E-state index contributed by atoms with van der Waals surface area (Å²) in [5.74, 6) is -0.303. The van der Waals surface area contributed by atoms with Crippen molar-refractivity contribution in [2.24, 2.45) is 5.10 Å². The number of amides is 1. The van der Waals surface area contributed by atoms with E-state index in [1.54, 1.807) is 24.3 Å². The van der Waals surface area contributed by atoms with Crippen LogP contribution in [-0.2, 0) is 4.79 Å². The van der Waals surface area contributed by atoms with E-state index in [-0.39, 0.29) is 18.1 Å². The van der Waals surface area contributed by atoms with E-state index in [4.69, 9.17) is 0 Å². The molecule has 0 atom stereocenters. The highest BCUT2D eigenvalue weighted by atomic mass is 16.6. The van der Waals surface area contributed by atoms with Crippen LogP contribution in [0, 0.1) is 10.1 Å². The van der Waals surface area contributed by atoms with Crippen LogP contribution in [0.25, 0.3) is 16.8 Å². The van der Waals surface area contributed by atoms with Gasteiger partial charge in [0.2, 0.25) is 0 Å². The first-order valence-corrected chi connectivity index (χ1v) is 8.59. The van der Waals surface area contributed by atoms with Crippen LogP contribution in [0.1, 0.15) is 5.56 Å². The SMILES string of the molecule is O=C(CNc1cccc2ccccc12)N/N=C/C=C/c1ccccc1[N+](=O)[O-]. The van der Waals surface area contributed by atoms with Gasteiger partial charge >= 0.3 is 0 Å². The number of fused-ring (bicyclic) bond motifs is 1. The minimum absolute atomic E-state index is 0.00970. The number of carbonyl (C=O) groups excluding carboxylic acids is 1. The smallest absolute Gasteiger partial charge is 0.276 e. The predicted molar refractivity (Wildman–Crippen MR) is 111 cm³/mol. The molecular formula is C21H18N4O3. The third-order valence-electron chi connectivity index (χ3n) is 3.99. The number of hydrogen-bond acceptors (Lipinski definition) is 5. The summed E-state index contributed by atoms with van der Waals surface area (Å²) in [5.41, 5.74) is 3.75. The van der Waals surface area contributed by atoms with Gasteiger partial charge in [-0.3, -0.25) is 14.9 Å². The van der Waals surface area contributed by atoms with E-state index in [1.165, 1.54) is 18.4 Å². The Bertz CT molecular complexity index is 1050. The van der Waals surface area contributed by atoms with E-state index in [1.807, 2.05) is 42.5 Å². The van der Waals surface area contributed by atoms with Gasteiger partial charge in [0.25, 0.3) is 11.6 Å². The molecule has 3 aromatic rings. The largest absolute Gasteiger partial charge is 0.376 e. The van der Waals surface area contributed by atoms with Crippen molar-refractivity contribution >= 4 is 40.3 Å². The number of hydrazone groups is 1. The number of nitro groups is 1. The number of nitro benzene ring substituents is 1. The minimum Gasteiger partial charge on any atom is -0.376 e. The van der Waals surface area contributed by atoms with Crippen LogP contribution in [0.2, 0.25) is 0 Å². The monoisotopic (exact) mass is 374 g/mol. The van der Waals surface area contributed by atoms with Crippen LogP contribution < -0.4 is 10.7 Å². The molecule has 1 amide bonds. The molecule has 3 rings (SSSR count). The van der Waals surface area contributed by atoms with Gasteiger partial charge in [0, 0.05) is 23.4 Å². The third-order valence-corrected chi connectivity index (χ3v) is 3.99. The molecule has 3 aromatic carbocycles. The highest BCUT2D eigenvalue weighted by molar-refractivity contribution is 5.95. The van der Waals surface area contributed by atoms with Gasteiger partial charge in [0.15, 0.2) is 0 Å². The van der Waals surface area contributed by atoms with E-state index in [0.717, 1.165) is 16.5 Å². The number of anilines is 1. The van der Waals surface area contributed by atoms with Gasteiger partial charge in [-0.05, 0) is 29.7 Å². The molecule has 7 heteroatoms. The zero-order chi connectivity index (χ0) is 19.8. The molecule has 2 N–H and O–H groups in total. The number of allylic oxidation sites excluding steroid dienone is 1. The Balaban J connectivity index is 1.52. The van der Waals surface area contributed by atoms with Gasteiger partial charge in [-0.2, -0.15) is 5.10 Å². The number of carbonyl (C=O) groups is 1. The fourth-order valence-electron chi connectivity index (χ4n) is 2.69. The Morgan fingerprint density at radius 3 is 2.64 bits per heavy atom. The number of nitrogens with one attached hydrogen (secondary N) is 2. The summed E-state index contributed by atoms with van der Waals surface area (Å²) in [6.45, 7) is 0.0687. The molecule has 0 aliphatic carbocycles. The maximum absolute atomic E-state index is 11.9. The van der Waals surface area contributed by atoms with Crippen LogP contribution in [0.15, 0.2) is 77.9 Å². The lowest BCUT2D eigenvalue weighted by Crippen LogP contribution is -2.25. The summed E-state index contributed by atoms with van der Waals surface area (Å²) in [6, 6.07) is 20.1. The van der Waals surface area contributed by atoms with Crippen molar-refractivity contribution in [1.29, 1.82) is 0 Å². The summed E-state index contributed by atoms with van der Waals surface area (Å²) in [5, 5.41) is 20.0. The van der Waals surface area contributed by atoms with Crippen molar-refractivity contribution in [3.63, 3.8) is 0 Å². The number of rotatable bonds is 7. The molecular weight excluding hydrogens is 356 g/mol. The highest BCUT2D eigenvalue weighted by Crippen LogP contribution is 2.22. The van der Waals surface area contributed by atoms with Gasteiger partial charge in [0.05, 0.1) is 17.0 Å². The van der Waals surface area contributed by atoms with Gasteiger partial charge in [0.1, 0.15) is 0 Å². The molecule has 0 bridgehead atoms. The summed E-state index contributed by atoms with van der Waals surface area (Å²) in [7, 11) is 0. The second-order valence-corrected chi connectivity index (χ2v) is 5.87. The second kappa shape index (κ2) is 9.09. The fraction of sp³-hybridized carbons (Fsp3) is 0.0476. The zero-order valence-corrected chi connectivity index (χ0v) is 14.9. The van der Waals surface area contributed by atoms with Crippen molar-refractivity contribution in [3.8, 4) is 0 Å². The van der Waals surface area contributed by atoms with Crippen LogP contribution in [0.4, 0.5) is 11.4 Å². The lowest BCUT2D eigenvalue weighted by molar-refractivity contribution is -0.385. The first-order valence-electron chi connectivity index (χ1n) is 8.59. The van der Waals surface area contributed by atoms with Crippen molar-refractivity contribution < 1.29 is 9.72 Å². The zero-order valence-electron chi connectivity index (χ0n) is 14.9. The topological polar surface area (TPSA) is 96.6 Å². The summed E-state index contributed by atoms with van der Waals surface area (Å²) >= 11 is 0. The molecule has 0 aliphatic heterocycles. The van der Waals surface area contributed by atoms with Crippen LogP contribution in [0.5, 0.6) is 0 Å². The first-order chi connectivity index (χ1) is 13.6. The maximum atomic E-state index is 11.9.